The van der Waals surface area contributed by atoms with Gasteiger partial charge in [0.15, 0.2) is 0 Å². The van der Waals surface area contributed by atoms with E-state index in [0.717, 1.165) is 41.1 Å². The highest BCUT2D eigenvalue weighted by Gasteiger charge is 2.24. The summed E-state index contributed by atoms with van der Waals surface area (Å²) in [5.41, 5.74) is 4.00. The summed E-state index contributed by atoms with van der Waals surface area (Å²) in [4.78, 5) is 2.25. The van der Waals surface area contributed by atoms with Crippen LogP contribution < -0.4 is 4.74 Å². The zero-order valence-electron chi connectivity index (χ0n) is 21.2. The highest BCUT2D eigenvalue weighted by molar-refractivity contribution is 5.43. The van der Waals surface area contributed by atoms with Gasteiger partial charge in [0.1, 0.15) is 5.75 Å². The number of unbranched alkanes of at least 4 members (excludes halogenated alkanes) is 1. The summed E-state index contributed by atoms with van der Waals surface area (Å²) in [6.45, 7) is 12.6. The molecule has 3 rings (SSSR count). The first-order valence-electron chi connectivity index (χ1n) is 12.3. The average molecular weight is 466 g/mol. The molecule has 6 nitrogen and oxygen atoms in total. The van der Waals surface area contributed by atoms with Gasteiger partial charge in [0.2, 0.25) is 5.88 Å². The standard InChI is InChI=1S/C28H39N3O3/c1-6-7-16-33-20-25(32)18-30(21(2)3)19-27-23(5)29-31(24-13-9-8-10-14-24)28(27)34-26-15-11-12-22(4)17-26/h8-15,17,21,25,32H,6-7,16,18-20H2,1-5H3. The van der Waals surface area contributed by atoms with Crippen molar-refractivity contribution in [3.63, 3.8) is 0 Å². The maximum absolute atomic E-state index is 10.6. The zero-order valence-corrected chi connectivity index (χ0v) is 21.2. The van der Waals surface area contributed by atoms with E-state index in [1.807, 2.05) is 60.1 Å². The molecule has 1 heterocycles. The van der Waals surface area contributed by atoms with Crippen LogP contribution in [0.5, 0.6) is 11.6 Å². The van der Waals surface area contributed by atoms with Gasteiger partial charge in [-0.05, 0) is 63.9 Å². The van der Waals surface area contributed by atoms with E-state index in [-0.39, 0.29) is 6.04 Å². The van der Waals surface area contributed by atoms with E-state index in [1.54, 1.807) is 0 Å². The number of aliphatic hydroxyl groups is 1. The average Bonchev–Trinajstić information content (AvgIpc) is 3.11. The number of para-hydroxylation sites is 1. The van der Waals surface area contributed by atoms with Crippen molar-refractivity contribution in [2.75, 3.05) is 19.8 Å². The van der Waals surface area contributed by atoms with Crippen molar-refractivity contribution in [1.82, 2.24) is 14.7 Å². The lowest BCUT2D eigenvalue weighted by Crippen LogP contribution is -2.39. The second-order valence-electron chi connectivity index (χ2n) is 9.14. The largest absolute Gasteiger partial charge is 0.439 e. The molecule has 1 aromatic heterocycles. The van der Waals surface area contributed by atoms with Gasteiger partial charge in [0.25, 0.3) is 0 Å². The highest BCUT2D eigenvalue weighted by Crippen LogP contribution is 2.32. The molecule has 0 spiro atoms. The summed E-state index contributed by atoms with van der Waals surface area (Å²) >= 11 is 0. The van der Waals surface area contributed by atoms with Crippen LogP contribution in [0.25, 0.3) is 5.69 Å². The molecule has 0 saturated carbocycles. The first kappa shape index (κ1) is 25.9. The summed E-state index contributed by atoms with van der Waals surface area (Å²) in [5, 5.41) is 15.5. The van der Waals surface area contributed by atoms with E-state index in [2.05, 4.69) is 38.7 Å². The fraction of sp³-hybridized carbons (Fsp3) is 0.464. The summed E-state index contributed by atoms with van der Waals surface area (Å²) in [5.74, 6) is 1.48. The number of rotatable bonds is 13. The first-order valence-corrected chi connectivity index (χ1v) is 12.3. The highest BCUT2D eigenvalue weighted by atomic mass is 16.5. The zero-order chi connectivity index (χ0) is 24.5. The summed E-state index contributed by atoms with van der Waals surface area (Å²) in [6.07, 6.45) is 1.55. The third-order valence-corrected chi connectivity index (χ3v) is 5.83. The Morgan fingerprint density at radius 2 is 1.82 bits per heavy atom. The summed E-state index contributed by atoms with van der Waals surface area (Å²) in [7, 11) is 0. The van der Waals surface area contributed by atoms with E-state index in [1.165, 1.54) is 0 Å². The number of aliphatic hydroxyl groups excluding tert-OH is 1. The van der Waals surface area contributed by atoms with Gasteiger partial charge in [-0.1, -0.05) is 43.7 Å². The molecule has 1 atom stereocenters. The molecule has 0 aliphatic rings. The van der Waals surface area contributed by atoms with E-state index in [9.17, 15) is 5.11 Å². The topological polar surface area (TPSA) is 59.8 Å². The molecular formula is C28H39N3O3. The van der Waals surface area contributed by atoms with Crippen molar-refractivity contribution in [2.24, 2.45) is 0 Å². The number of hydrogen-bond donors (Lipinski definition) is 1. The van der Waals surface area contributed by atoms with Crippen LogP contribution in [0.2, 0.25) is 0 Å². The van der Waals surface area contributed by atoms with E-state index < -0.39 is 6.10 Å². The van der Waals surface area contributed by atoms with Gasteiger partial charge in [-0.25, -0.2) is 4.68 Å². The molecule has 2 aromatic carbocycles. The Kier molecular flexibility index (Phi) is 9.69. The smallest absolute Gasteiger partial charge is 0.227 e. The normalized spacial score (nSPS) is 12.5. The van der Waals surface area contributed by atoms with Crippen LogP contribution in [0.3, 0.4) is 0 Å². The van der Waals surface area contributed by atoms with Crippen molar-refractivity contribution >= 4 is 0 Å². The van der Waals surface area contributed by atoms with Crippen molar-refractivity contribution < 1.29 is 14.6 Å². The van der Waals surface area contributed by atoms with Crippen LogP contribution in [0.1, 0.15) is 50.4 Å². The molecule has 1 unspecified atom stereocenters. The van der Waals surface area contributed by atoms with Gasteiger partial charge in [-0.2, -0.15) is 5.10 Å². The fourth-order valence-electron chi connectivity index (χ4n) is 3.81. The lowest BCUT2D eigenvalue weighted by atomic mass is 10.2. The van der Waals surface area contributed by atoms with Crippen LogP contribution >= 0.6 is 0 Å². The van der Waals surface area contributed by atoms with Gasteiger partial charge in [-0.3, -0.25) is 4.90 Å². The Bertz CT molecular complexity index is 1020. The molecule has 6 heteroatoms. The molecule has 0 radical (unpaired) electrons. The Hall–Kier alpha value is -2.67. The summed E-state index contributed by atoms with van der Waals surface area (Å²) < 4.78 is 14.0. The van der Waals surface area contributed by atoms with Gasteiger partial charge in [0.05, 0.1) is 29.7 Å². The second-order valence-corrected chi connectivity index (χ2v) is 9.14. The number of ether oxygens (including phenoxy) is 2. The number of aromatic nitrogens is 2. The minimum absolute atomic E-state index is 0.233. The lowest BCUT2D eigenvalue weighted by molar-refractivity contribution is 0.00842. The molecule has 0 amide bonds. The maximum atomic E-state index is 10.6. The first-order chi connectivity index (χ1) is 16.4. The number of nitrogens with zero attached hydrogens (tertiary/aromatic N) is 3. The molecule has 0 bridgehead atoms. The Morgan fingerprint density at radius 3 is 2.50 bits per heavy atom. The SMILES string of the molecule is CCCCOCC(O)CN(Cc1c(C)nn(-c2ccccc2)c1Oc1cccc(C)c1)C(C)C. The van der Waals surface area contributed by atoms with Gasteiger partial charge >= 0.3 is 0 Å². The van der Waals surface area contributed by atoms with E-state index in [0.29, 0.717) is 32.2 Å². The van der Waals surface area contributed by atoms with Crippen LogP contribution in [0.4, 0.5) is 0 Å². The van der Waals surface area contributed by atoms with E-state index in [4.69, 9.17) is 14.6 Å². The maximum Gasteiger partial charge on any atom is 0.227 e. The fourth-order valence-corrected chi connectivity index (χ4v) is 3.81. The monoisotopic (exact) mass is 465 g/mol. The third kappa shape index (κ3) is 7.16. The van der Waals surface area contributed by atoms with Crippen molar-refractivity contribution in [3.05, 3.63) is 71.4 Å². The molecule has 0 fully saturated rings. The Labute approximate surface area is 204 Å². The second kappa shape index (κ2) is 12.7. The molecule has 0 aliphatic carbocycles. The molecule has 1 N–H and O–H groups in total. The molecule has 184 valence electrons. The van der Waals surface area contributed by atoms with Crippen molar-refractivity contribution in [3.8, 4) is 17.3 Å². The lowest BCUT2D eigenvalue weighted by Gasteiger charge is -2.29. The van der Waals surface area contributed by atoms with Gasteiger partial charge < -0.3 is 14.6 Å². The number of hydrogen-bond acceptors (Lipinski definition) is 5. The summed E-state index contributed by atoms with van der Waals surface area (Å²) in [6, 6.07) is 18.3. The number of benzene rings is 2. The Morgan fingerprint density at radius 1 is 1.06 bits per heavy atom. The van der Waals surface area contributed by atoms with Crippen molar-refractivity contribution in [2.45, 2.75) is 66.2 Å². The van der Waals surface area contributed by atoms with Crippen molar-refractivity contribution in [1.29, 1.82) is 0 Å². The van der Waals surface area contributed by atoms with E-state index >= 15 is 0 Å². The molecular weight excluding hydrogens is 426 g/mol. The predicted molar refractivity (Wildman–Crippen MR) is 137 cm³/mol. The minimum atomic E-state index is -0.551. The van der Waals surface area contributed by atoms with Gasteiger partial charge in [-0.15, -0.1) is 0 Å². The van der Waals surface area contributed by atoms with Crippen LogP contribution in [0, 0.1) is 13.8 Å². The number of aryl methyl sites for hydroxylation is 2. The molecule has 34 heavy (non-hydrogen) atoms. The van der Waals surface area contributed by atoms with Crippen LogP contribution in [-0.4, -0.2) is 51.7 Å². The Balaban J connectivity index is 1.88. The quantitative estimate of drug-likeness (QED) is 0.330. The van der Waals surface area contributed by atoms with Crippen LogP contribution in [0.15, 0.2) is 54.6 Å². The van der Waals surface area contributed by atoms with Gasteiger partial charge in [0, 0.05) is 25.7 Å². The van der Waals surface area contributed by atoms with Crippen LogP contribution in [-0.2, 0) is 11.3 Å². The molecule has 3 aromatic rings. The minimum Gasteiger partial charge on any atom is -0.439 e. The molecule has 0 aliphatic heterocycles. The third-order valence-electron chi connectivity index (χ3n) is 5.83. The molecule has 0 saturated heterocycles. The predicted octanol–water partition coefficient (Wildman–Crippen LogP) is 5.67.